The maximum Gasteiger partial charge on any atom is 0.306 e. The van der Waals surface area contributed by atoms with E-state index in [9.17, 15) is 14.4 Å². The summed E-state index contributed by atoms with van der Waals surface area (Å²) in [5.41, 5.74) is 1.06. The monoisotopic (exact) mass is 480 g/mol. The molecule has 0 saturated heterocycles. The molecule has 2 saturated carbocycles. The van der Waals surface area contributed by atoms with Crippen molar-refractivity contribution in [2.75, 3.05) is 13.2 Å². The summed E-state index contributed by atoms with van der Waals surface area (Å²) < 4.78 is 11.5. The lowest BCUT2D eigenvalue weighted by Crippen LogP contribution is -2.27. The van der Waals surface area contributed by atoms with E-state index in [4.69, 9.17) is 14.6 Å². The molecule has 1 heterocycles. The van der Waals surface area contributed by atoms with Gasteiger partial charge in [-0.1, -0.05) is 0 Å². The number of hydrogen-bond donors (Lipinski definition) is 2. The van der Waals surface area contributed by atoms with Crippen molar-refractivity contribution in [2.45, 2.75) is 57.5 Å². The number of carbonyl (C=O) groups excluding carboxylic acids is 2. The van der Waals surface area contributed by atoms with Gasteiger partial charge in [0.1, 0.15) is 5.75 Å². The van der Waals surface area contributed by atoms with Gasteiger partial charge < -0.3 is 19.9 Å². The molecule has 2 aliphatic rings. The SMILES string of the molecule is O=C(CCCNC(=O)c1ccc(OCC2CC2)nc1)c1ccc(OC2CCC(C(=O)O)CC2)cc1. The van der Waals surface area contributed by atoms with Crippen molar-refractivity contribution in [3.05, 3.63) is 53.7 Å². The van der Waals surface area contributed by atoms with Crippen LogP contribution in [-0.2, 0) is 4.79 Å². The molecule has 2 aromatic rings. The first kappa shape index (κ1) is 24.7. The number of Topliss-reactive ketones (excluding diaryl/α,β-unsaturated/α-hetero) is 1. The summed E-state index contributed by atoms with van der Waals surface area (Å²) in [6.45, 7) is 1.07. The Bertz CT molecular complexity index is 1010. The third-order valence-electron chi connectivity index (χ3n) is 6.53. The van der Waals surface area contributed by atoms with E-state index in [0.29, 0.717) is 67.5 Å². The smallest absolute Gasteiger partial charge is 0.306 e. The van der Waals surface area contributed by atoms with Crippen LogP contribution in [0.1, 0.15) is 72.1 Å². The Kier molecular flexibility index (Phi) is 8.34. The molecule has 2 fully saturated rings. The van der Waals surface area contributed by atoms with Crippen molar-refractivity contribution in [2.24, 2.45) is 11.8 Å². The average molecular weight is 481 g/mol. The van der Waals surface area contributed by atoms with Crippen molar-refractivity contribution < 1.29 is 29.0 Å². The van der Waals surface area contributed by atoms with Crippen molar-refractivity contribution in [3.8, 4) is 11.6 Å². The fraction of sp³-hybridized carbons (Fsp3) is 0.481. The highest BCUT2D eigenvalue weighted by Crippen LogP contribution is 2.29. The Morgan fingerprint density at radius 2 is 1.66 bits per heavy atom. The molecular formula is C27H32N2O6. The van der Waals surface area contributed by atoms with Crippen molar-refractivity contribution in [1.82, 2.24) is 10.3 Å². The molecule has 2 aliphatic carbocycles. The zero-order valence-electron chi connectivity index (χ0n) is 19.8. The van der Waals surface area contributed by atoms with Gasteiger partial charge in [-0.05, 0) is 81.2 Å². The predicted octanol–water partition coefficient (Wildman–Crippen LogP) is 4.29. The van der Waals surface area contributed by atoms with E-state index in [1.807, 2.05) is 0 Å². The van der Waals surface area contributed by atoms with Crippen LogP contribution in [0.5, 0.6) is 11.6 Å². The fourth-order valence-corrected chi connectivity index (χ4v) is 4.12. The minimum atomic E-state index is -0.731. The number of ether oxygens (including phenoxy) is 2. The Morgan fingerprint density at radius 3 is 2.29 bits per heavy atom. The largest absolute Gasteiger partial charge is 0.490 e. The second-order valence-electron chi connectivity index (χ2n) is 9.38. The van der Waals surface area contributed by atoms with Gasteiger partial charge in [0.05, 0.1) is 24.2 Å². The van der Waals surface area contributed by atoms with Gasteiger partial charge in [-0.25, -0.2) is 4.98 Å². The topological polar surface area (TPSA) is 115 Å². The zero-order valence-corrected chi connectivity index (χ0v) is 19.8. The highest BCUT2D eigenvalue weighted by molar-refractivity contribution is 5.96. The number of aromatic nitrogens is 1. The molecule has 0 radical (unpaired) electrons. The van der Waals surface area contributed by atoms with Gasteiger partial charge in [0.2, 0.25) is 5.88 Å². The van der Waals surface area contributed by atoms with E-state index < -0.39 is 5.97 Å². The van der Waals surface area contributed by atoms with E-state index in [1.165, 1.54) is 19.0 Å². The summed E-state index contributed by atoms with van der Waals surface area (Å²) >= 11 is 0. The Morgan fingerprint density at radius 1 is 0.943 bits per heavy atom. The Hall–Kier alpha value is -3.42. The van der Waals surface area contributed by atoms with Crippen LogP contribution in [0.3, 0.4) is 0 Å². The van der Waals surface area contributed by atoms with E-state index in [-0.39, 0.29) is 23.7 Å². The van der Waals surface area contributed by atoms with Gasteiger partial charge in [-0.3, -0.25) is 14.4 Å². The normalized spacial score (nSPS) is 19.5. The molecule has 2 N–H and O–H groups in total. The first-order valence-electron chi connectivity index (χ1n) is 12.4. The summed E-state index contributed by atoms with van der Waals surface area (Å²) in [7, 11) is 0. The van der Waals surface area contributed by atoms with Gasteiger partial charge in [0.15, 0.2) is 5.78 Å². The molecule has 4 rings (SSSR count). The van der Waals surface area contributed by atoms with Gasteiger partial charge in [-0.15, -0.1) is 0 Å². The molecule has 8 heteroatoms. The maximum absolute atomic E-state index is 12.5. The fourth-order valence-electron chi connectivity index (χ4n) is 4.12. The Balaban J connectivity index is 1.13. The molecule has 8 nitrogen and oxygen atoms in total. The number of ketones is 1. The standard InChI is InChI=1S/C27H32N2O6/c30-24(19-5-10-22(11-6-19)35-23-12-7-20(8-13-23)27(32)33)2-1-15-28-26(31)21-9-14-25(29-16-21)34-17-18-3-4-18/h5-6,9-11,14,16,18,20,23H,1-4,7-8,12-13,15,17H2,(H,28,31)(H,32,33). The number of rotatable bonds is 12. The van der Waals surface area contributed by atoms with E-state index in [1.54, 1.807) is 36.4 Å². The van der Waals surface area contributed by atoms with Crippen LogP contribution in [0, 0.1) is 11.8 Å². The molecule has 1 aromatic carbocycles. The lowest BCUT2D eigenvalue weighted by molar-refractivity contribution is -0.143. The van der Waals surface area contributed by atoms with Crippen LogP contribution in [0.4, 0.5) is 0 Å². The van der Waals surface area contributed by atoms with Crippen LogP contribution >= 0.6 is 0 Å². The molecular weight excluding hydrogens is 448 g/mol. The molecule has 1 amide bonds. The van der Waals surface area contributed by atoms with Crippen LogP contribution in [0.25, 0.3) is 0 Å². The summed E-state index contributed by atoms with van der Waals surface area (Å²) in [5, 5.41) is 11.9. The third kappa shape index (κ3) is 7.53. The minimum absolute atomic E-state index is 0.00611. The van der Waals surface area contributed by atoms with E-state index in [2.05, 4.69) is 10.3 Å². The van der Waals surface area contributed by atoms with Gasteiger partial charge in [-0.2, -0.15) is 0 Å². The number of hydrogen-bond acceptors (Lipinski definition) is 6. The number of carboxylic acids is 1. The number of benzene rings is 1. The third-order valence-corrected chi connectivity index (χ3v) is 6.53. The van der Waals surface area contributed by atoms with Crippen LogP contribution in [-0.4, -0.2) is 47.0 Å². The number of amides is 1. The van der Waals surface area contributed by atoms with Crippen LogP contribution < -0.4 is 14.8 Å². The lowest BCUT2D eigenvalue weighted by atomic mass is 9.87. The summed E-state index contributed by atoms with van der Waals surface area (Å²) in [6, 6.07) is 10.5. The highest BCUT2D eigenvalue weighted by Gasteiger charge is 2.27. The molecule has 0 bridgehead atoms. The summed E-state index contributed by atoms with van der Waals surface area (Å²) in [4.78, 5) is 40.0. The zero-order chi connectivity index (χ0) is 24.6. The number of aliphatic carboxylic acids is 1. The lowest BCUT2D eigenvalue weighted by Gasteiger charge is -2.26. The molecule has 1 aromatic heterocycles. The van der Waals surface area contributed by atoms with Gasteiger partial charge in [0.25, 0.3) is 5.91 Å². The average Bonchev–Trinajstić information content (AvgIpc) is 3.71. The predicted molar refractivity (Wildman–Crippen MR) is 129 cm³/mol. The highest BCUT2D eigenvalue weighted by atomic mass is 16.5. The van der Waals surface area contributed by atoms with E-state index >= 15 is 0 Å². The first-order valence-corrected chi connectivity index (χ1v) is 12.4. The molecule has 0 atom stereocenters. The van der Waals surface area contributed by atoms with Gasteiger partial charge >= 0.3 is 5.97 Å². The van der Waals surface area contributed by atoms with Gasteiger partial charge in [0, 0.05) is 30.8 Å². The number of carboxylic acid groups (broad SMARTS) is 1. The second kappa shape index (κ2) is 11.8. The summed E-state index contributed by atoms with van der Waals surface area (Å²) in [6.07, 6.45) is 7.49. The molecule has 0 spiro atoms. The Labute approximate surface area is 205 Å². The quantitative estimate of drug-likeness (QED) is 0.344. The maximum atomic E-state index is 12.5. The number of nitrogens with one attached hydrogen (secondary N) is 1. The first-order chi connectivity index (χ1) is 17.0. The van der Waals surface area contributed by atoms with Crippen LogP contribution in [0.15, 0.2) is 42.6 Å². The van der Waals surface area contributed by atoms with Crippen LogP contribution in [0.2, 0.25) is 0 Å². The van der Waals surface area contributed by atoms with E-state index in [0.717, 1.165) is 12.8 Å². The molecule has 35 heavy (non-hydrogen) atoms. The van der Waals surface area contributed by atoms with Crippen molar-refractivity contribution in [3.63, 3.8) is 0 Å². The summed E-state index contributed by atoms with van der Waals surface area (Å²) in [5.74, 6) is 0.639. The molecule has 0 unspecified atom stereocenters. The molecule has 186 valence electrons. The molecule has 0 aliphatic heterocycles. The number of nitrogens with zero attached hydrogens (tertiary/aromatic N) is 1. The number of carbonyl (C=O) groups is 3. The second-order valence-corrected chi connectivity index (χ2v) is 9.38. The van der Waals surface area contributed by atoms with Crippen molar-refractivity contribution in [1.29, 1.82) is 0 Å². The number of pyridine rings is 1. The van der Waals surface area contributed by atoms with Crippen molar-refractivity contribution >= 4 is 17.7 Å². The minimum Gasteiger partial charge on any atom is -0.490 e.